The molecule has 21 heavy (non-hydrogen) atoms. The SMILES string of the molecule is CCCNc1ncccc1C(=O)N1CCN(CCC)CC1. The lowest BCUT2D eigenvalue weighted by atomic mass is 10.2. The second-order valence-corrected chi connectivity index (χ2v) is 5.46. The highest BCUT2D eigenvalue weighted by molar-refractivity contribution is 5.98. The van der Waals surface area contributed by atoms with Crippen molar-refractivity contribution in [2.24, 2.45) is 0 Å². The number of nitrogens with one attached hydrogen (secondary N) is 1. The van der Waals surface area contributed by atoms with E-state index >= 15 is 0 Å². The molecule has 1 amide bonds. The van der Waals surface area contributed by atoms with Gasteiger partial charge in [-0.3, -0.25) is 9.69 Å². The zero-order valence-electron chi connectivity index (χ0n) is 13.1. The fourth-order valence-electron chi connectivity index (χ4n) is 2.62. The highest BCUT2D eigenvalue weighted by Gasteiger charge is 2.23. The molecule has 5 nitrogen and oxygen atoms in total. The topological polar surface area (TPSA) is 48.5 Å². The summed E-state index contributed by atoms with van der Waals surface area (Å²) >= 11 is 0. The van der Waals surface area contributed by atoms with Gasteiger partial charge in [0.1, 0.15) is 5.82 Å². The number of nitrogens with zero attached hydrogens (tertiary/aromatic N) is 3. The zero-order chi connectivity index (χ0) is 15.1. The number of rotatable bonds is 6. The van der Waals surface area contributed by atoms with Crippen LogP contribution in [0.25, 0.3) is 0 Å². The third-order valence-electron chi connectivity index (χ3n) is 3.78. The molecule has 1 aromatic heterocycles. The molecule has 0 aliphatic carbocycles. The van der Waals surface area contributed by atoms with E-state index in [-0.39, 0.29) is 5.91 Å². The van der Waals surface area contributed by atoms with Crippen LogP contribution in [0.5, 0.6) is 0 Å². The van der Waals surface area contributed by atoms with Gasteiger partial charge in [-0.15, -0.1) is 0 Å². The highest BCUT2D eigenvalue weighted by atomic mass is 16.2. The van der Waals surface area contributed by atoms with Crippen LogP contribution >= 0.6 is 0 Å². The summed E-state index contributed by atoms with van der Waals surface area (Å²) in [6.45, 7) is 9.81. The summed E-state index contributed by atoms with van der Waals surface area (Å²) in [5, 5.41) is 3.24. The normalized spacial score (nSPS) is 16.0. The molecule has 1 aliphatic rings. The highest BCUT2D eigenvalue weighted by Crippen LogP contribution is 2.16. The van der Waals surface area contributed by atoms with Crippen molar-refractivity contribution < 1.29 is 4.79 Å². The van der Waals surface area contributed by atoms with Crippen molar-refractivity contribution in [3.63, 3.8) is 0 Å². The summed E-state index contributed by atoms with van der Waals surface area (Å²) in [4.78, 5) is 21.3. The molecule has 2 rings (SSSR count). The number of carbonyl (C=O) groups is 1. The summed E-state index contributed by atoms with van der Waals surface area (Å²) < 4.78 is 0. The molecular formula is C16H26N4O. The molecule has 0 spiro atoms. The molecule has 0 aromatic carbocycles. The van der Waals surface area contributed by atoms with Gasteiger partial charge < -0.3 is 10.2 Å². The van der Waals surface area contributed by atoms with Gasteiger partial charge in [0.15, 0.2) is 0 Å². The van der Waals surface area contributed by atoms with E-state index in [2.05, 4.69) is 29.0 Å². The average molecular weight is 290 g/mol. The second kappa shape index (κ2) is 7.98. The van der Waals surface area contributed by atoms with E-state index in [0.29, 0.717) is 11.4 Å². The van der Waals surface area contributed by atoms with Crippen LogP contribution in [-0.2, 0) is 0 Å². The molecule has 0 atom stereocenters. The summed E-state index contributed by atoms with van der Waals surface area (Å²) in [6, 6.07) is 3.70. The van der Waals surface area contributed by atoms with Crippen LogP contribution in [0.3, 0.4) is 0 Å². The van der Waals surface area contributed by atoms with Gasteiger partial charge in [0.25, 0.3) is 5.91 Å². The van der Waals surface area contributed by atoms with Crippen molar-refractivity contribution in [3.05, 3.63) is 23.9 Å². The quantitative estimate of drug-likeness (QED) is 0.871. The Morgan fingerprint density at radius 2 is 2.00 bits per heavy atom. The molecule has 1 N–H and O–H groups in total. The molecule has 1 fully saturated rings. The van der Waals surface area contributed by atoms with E-state index in [4.69, 9.17) is 0 Å². The van der Waals surface area contributed by atoms with E-state index in [9.17, 15) is 4.79 Å². The van der Waals surface area contributed by atoms with Gasteiger partial charge in [-0.05, 0) is 31.5 Å². The van der Waals surface area contributed by atoms with Gasteiger partial charge in [0, 0.05) is 38.9 Å². The van der Waals surface area contributed by atoms with Gasteiger partial charge in [0.05, 0.1) is 5.56 Å². The summed E-state index contributed by atoms with van der Waals surface area (Å²) in [7, 11) is 0. The van der Waals surface area contributed by atoms with Crippen molar-refractivity contribution in [3.8, 4) is 0 Å². The third-order valence-corrected chi connectivity index (χ3v) is 3.78. The lowest BCUT2D eigenvalue weighted by Gasteiger charge is -2.34. The maximum Gasteiger partial charge on any atom is 0.257 e. The number of pyridine rings is 1. The number of piperazine rings is 1. The first-order valence-corrected chi connectivity index (χ1v) is 7.96. The van der Waals surface area contributed by atoms with E-state index in [1.165, 1.54) is 6.42 Å². The Balaban J connectivity index is 2.00. The van der Waals surface area contributed by atoms with Gasteiger partial charge >= 0.3 is 0 Å². The molecule has 0 radical (unpaired) electrons. The van der Waals surface area contributed by atoms with Crippen LogP contribution in [-0.4, -0.2) is 60.0 Å². The predicted octanol–water partition coefficient (Wildman–Crippen LogP) is 2.07. The number of amides is 1. The van der Waals surface area contributed by atoms with E-state index in [1.54, 1.807) is 6.20 Å². The zero-order valence-corrected chi connectivity index (χ0v) is 13.1. The summed E-state index contributed by atoms with van der Waals surface area (Å²) in [6.07, 6.45) is 3.91. The van der Waals surface area contributed by atoms with E-state index < -0.39 is 0 Å². The summed E-state index contributed by atoms with van der Waals surface area (Å²) in [5.74, 6) is 0.804. The Kier molecular flexibility index (Phi) is 5.99. The first-order chi connectivity index (χ1) is 10.3. The maximum atomic E-state index is 12.7. The predicted molar refractivity (Wildman–Crippen MR) is 85.7 cm³/mol. The number of hydrogen-bond acceptors (Lipinski definition) is 4. The standard InChI is InChI=1S/C16H26N4O/c1-3-7-17-15-14(6-5-8-18-15)16(21)20-12-10-19(9-4-2)11-13-20/h5-6,8H,3-4,7,9-13H2,1-2H3,(H,17,18). The smallest absolute Gasteiger partial charge is 0.257 e. The molecule has 0 saturated carbocycles. The summed E-state index contributed by atoms with van der Waals surface area (Å²) in [5.41, 5.74) is 0.690. The Labute approximate surface area is 127 Å². The van der Waals surface area contributed by atoms with Crippen LogP contribution in [0.4, 0.5) is 5.82 Å². The second-order valence-electron chi connectivity index (χ2n) is 5.46. The van der Waals surface area contributed by atoms with E-state index in [0.717, 1.165) is 45.7 Å². The minimum atomic E-state index is 0.0952. The molecule has 0 unspecified atom stereocenters. The largest absolute Gasteiger partial charge is 0.369 e. The Morgan fingerprint density at radius 3 is 2.67 bits per heavy atom. The lowest BCUT2D eigenvalue weighted by molar-refractivity contribution is 0.0638. The fraction of sp³-hybridized carbons (Fsp3) is 0.625. The van der Waals surface area contributed by atoms with Gasteiger partial charge in [-0.2, -0.15) is 0 Å². The third kappa shape index (κ3) is 4.17. The van der Waals surface area contributed by atoms with Crippen molar-refractivity contribution in [1.29, 1.82) is 0 Å². The number of anilines is 1. The fourth-order valence-corrected chi connectivity index (χ4v) is 2.62. The molecule has 0 bridgehead atoms. The van der Waals surface area contributed by atoms with Crippen LogP contribution in [0.2, 0.25) is 0 Å². The Hall–Kier alpha value is -1.62. The molecule has 1 aliphatic heterocycles. The van der Waals surface area contributed by atoms with Crippen LogP contribution in [0.1, 0.15) is 37.0 Å². The van der Waals surface area contributed by atoms with Crippen LogP contribution in [0.15, 0.2) is 18.3 Å². The van der Waals surface area contributed by atoms with Gasteiger partial charge in [-0.25, -0.2) is 4.98 Å². The van der Waals surface area contributed by atoms with Crippen molar-refractivity contribution >= 4 is 11.7 Å². The molecule has 5 heteroatoms. The number of aromatic nitrogens is 1. The first-order valence-electron chi connectivity index (χ1n) is 7.96. The van der Waals surface area contributed by atoms with Crippen molar-refractivity contribution in [1.82, 2.24) is 14.8 Å². The molecule has 1 saturated heterocycles. The Bertz CT molecular complexity index is 455. The molecule has 2 heterocycles. The lowest BCUT2D eigenvalue weighted by Crippen LogP contribution is -2.48. The average Bonchev–Trinajstić information content (AvgIpc) is 2.53. The first kappa shape index (κ1) is 15.8. The van der Waals surface area contributed by atoms with E-state index in [1.807, 2.05) is 17.0 Å². The molecular weight excluding hydrogens is 264 g/mol. The minimum absolute atomic E-state index is 0.0952. The molecule has 116 valence electrons. The minimum Gasteiger partial charge on any atom is -0.369 e. The van der Waals surface area contributed by atoms with Crippen LogP contribution in [0, 0.1) is 0 Å². The maximum absolute atomic E-state index is 12.7. The molecule has 1 aromatic rings. The number of carbonyl (C=O) groups excluding carboxylic acids is 1. The van der Waals surface area contributed by atoms with Crippen LogP contribution < -0.4 is 5.32 Å². The van der Waals surface area contributed by atoms with Crippen molar-refractivity contribution in [2.75, 3.05) is 44.6 Å². The Morgan fingerprint density at radius 1 is 1.24 bits per heavy atom. The number of hydrogen-bond donors (Lipinski definition) is 1. The monoisotopic (exact) mass is 290 g/mol. The van der Waals surface area contributed by atoms with Crippen molar-refractivity contribution in [2.45, 2.75) is 26.7 Å². The van der Waals surface area contributed by atoms with Gasteiger partial charge in [0.2, 0.25) is 0 Å². The van der Waals surface area contributed by atoms with Gasteiger partial charge in [-0.1, -0.05) is 13.8 Å².